The van der Waals surface area contributed by atoms with E-state index in [1.165, 1.54) is 12.2 Å². The Kier molecular flexibility index (Phi) is 7.37. The van der Waals surface area contributed by atoms with E-state index in [2.05, 4.69) is 0 Å². The van der Waals surface area contributed by atoms with Crippen molar-refractivity contribution >= 4 is 23.7 Å². The normalized spacial score (nSPS) is 10.9. The quantitative estimate of drug-likeness (QED) is 0.496. The van der Waals surface area contributed by atoms with Crippen molar-refractivity contribution < 1.29 is 23.8 Å². The molecule has 0 spiro atoms. The van der Waals surface area contributed by atoms with Crippen LogP contribution in [0.3, 0.4) is 0 Å². The van der Waals surface area contributed by atoms with Gasteiger partial charge in [0.1, 0.15) is 5.75 Å². The Labute approximate surface area is 158 Å². The van der Waals surface area contributed by atoms with Gasteiger partial charge in [0.25, 0.3) is 0 Å². The number of ketones is 2. The molecule has 0 heterocycles. The molecular weight excluding hydrogens is 344 g/mol. The predicted molar refractivity (Wildman–Crippen MR) is 105 cm³/mol. The lowest BCUT2D eigenvalue weighted by Gasteiger charge is -2.07. The van der Waals surface area contributed by atoms with Gasteiger partial charge in [0.15, 0.2) is 23.1 Å². The summed E-state index contributed by atoms with van der Waals surface area (Å²) in [6.45, 7) is 0. The fourth-order valence-corrected chi connectivity index (χ4v) is 2.34. The zero-order chi connectivity index (χ0) is 19.6. The molecule has 0 aliphatic heterocycles. The topological polar surface area (TPSA) is 61.8 Å². The van der Waals surface area contributed by atoms with Crippen molar-refractivity contribution in [2.75, 3.05) is 21.3 Å². The van der Waals surface area contributed by atoms with Gasteiger partial charge in [-0.1, -0.05) is 30.4 Å². The van der Waals surface area contributed by atoms with Gasteiger partial charge in [-0.2, -0.15) is 0 Å². The molecule has 0 aliphatic carbocycles. The van der Waals surface area contributed by atoms with Gasteiger partial charge in [0, 0.05) is 0 Å². The van der Waals surface area contributed by atoms with Crippen LogP contribution in [0.25, 0.3) is 12.2 Å². The van der Waals surface area contributed by atoms with Crippen LogP contribution in [0.5, 0.6) is 17.2 Å². The molecule has 0 aromatic heterocycles. The number of benzene rings is 2. The standard InChI is InChI=1S/C22H22O5/c1-25-20-11-6-16(7-12-20)4-9-18(23)15-19(24)10-5-17-8-13-21(26-2)22(14-17)27-3/h4-14H,15H2,1-3H3/b9-4+,10-5?. The smallest absolute Gasteiger partial charge is 0.163 e. The predicted octanol–water partition coefficient (Wildman–Crippen LogP) is 3.97. The zero-order valence-electron chi connectivity index (χ0n) is 15.6. The molecular formula is C22H22O5. The first kappa shape index (κ1) is 20.0. The molecule has 0 aliphatic rings. The van der Waals surface area contributed by atoms with Crippen molar-refractivity contribution in [2.45, 2.75) is 6.42 Å². The van der Waals surface area contributed by atoms with E-state index >= 15 is 0 Å². The van der Waals surface area contributed by atoms with Gasteiger partial charge in [-0.25, -0.2) is 0 Å². The van der Waals surface area contributed by atoms with Crippen molar-refractivity contribution in [1.29, 1.82) is 0 Å². The zero-order valence-corrected chi connectivity index (χ0v) is 15.6. The monoisotopic (exact) mass is 366 g/mol. The largest absolute Gasteiger partial charge is 0.497 e. The van der Waals surface area contributed by atoms with E-state index in [9.17, 15) is 9.59 Å². The van der Waals surface area contributed by atoms with Gasteiger partial charge in [0.2, 0.25) is 0 Å². The van der Waals surface area contributed by atoms with Gasteiger partial charge in [-0.15, -0.1) is 0 Å². The molecule has 0 radical (unpaired) electrons. The van der Waals surface area contributed by atoms with E-state index in [0.717, 1.165) is 16.9 Å². The summed E-state index contributed by atoms with van der Waals surface area (Å²) in [6.07, 6.45) is 5.93. The Balaban J connectivity index is 1.93. The molecule has 27 heavy (non-hydrogen) atoms. The highest BCUT2D eigenvalue weighted by molar-refractivity contribution is 6.10. The van der Waals surface area contributed by atoms with Crippen LogP contribution >= 0.6 is 0 Å². The van der Waals surface area contributed by atoms with Gasteiger partial charge in [-0.05, 0) is 47.5 Å². The molecule has 2 aromatic carbocycles. The van der Waals surface area contributed by atoms with Crippen molar-refractivity contribution in [2.24, 2.45) is 0 Å². The molecule has 2 aromatic rings. The fourth-order valence-electron chi connectivity index (χ4n) is 2.34. The molecule has 0 amide bonds. The number of ether oxygens (including phenoxy) is 3. The Bertz CT molecular complexity index is 848. The maximum Gasteiger partial charge on any atom is 0.163 e. The van der Waals surface area contributed by atoms with E-state index < -0.39 is 0 Å². The van der Waals surface area contributed by atoms with Crippen LogP contribution in [0.15, 0.2) is 54.6 Å². The minimum Gasteiger partial charge on any atom is -0.497 e. The van der Waals surface area contributed by atoms with E-state index in [4.69, 9.17) is 14.2 Å². The summed E-state index contributed by atoms with van der Waals surface area (Å²) in [7, 11) is 4.70. The first-order valence-electron chi connectivity index (χ1n) is 8.33. The highest BCUT2D eigenvalue weighted by Gasteiger charge is 2.05. The lowest BCUT2D eigenvalue weighted by molar-refractivity contribution is -0.121. The van der Waals surface area contributed by atoms with Gasteiger partial charge >= 0.3 is 0 Å². The highest BCUT2D eigenvalue weighted by Crippen LogP contribution is 2.27. The van der Waals surface area contributed by atoms with Crippen molar-refractivity contribution in [1.82, 2.24) is 0 Å². The SMILES string of the molecule is COc1ccc(/C=C/C(=O)CC(=O)C=Cc2ccc(OC)c(OC)c2)cc1. The van der Waals surface area contributed by atoms with Gasteiger partial charge in [-0.3, -0.25) is 9.59 Å². The Hall–Kier alpha value is -3.34. The molecule has 0 fully saturated rings. The van der Waals surface area contributed by atoms with E-state index in [1.54, 1.807) is 63.8 Å². The first-order valence-corrected chi connectivity index (χ1v) is 8.33. The van der Waals surface area contributed by atoms with Crippen LogP contribution in [0, 0.1) is 0 Å². The van der Waals surface area contributed by atoms with Crippen molar-refractivity contribution in [3.8, 4) is 17.2 Å². The molecule has 0 atom stereocenters. The van der Waals surface area contributed by atoms with Crippen LogP contribution in [0.1, 0.15) is 17.5 Å². The molecule has 0 saturated heterocycles. The lowest BCUT2D eigenvalue weighted by atomic mass is 10.1. The number of carbonyl (C=O) groups is 2. The number of carbonyl (C=O) groups excluding carboxylic acids is 2. The van der Waals surface area contributed by atoms with Crippen LogP contribution in [-0.4, -0.2) is 32.9 Å². The third kappa shape index (κ3) is 6.15. The summed E-state index contributed by atoms with van der Waals surface area (Å²) in [5.41, 5.74) is 1.64. The molecule has 2 rings (SSSR count). The summed E-state index contributed by atoms with van der Waals surface area (Å²) < 4.78 is 15.5. The molecule has 140 valence electrons. The number of hydrogen-bond acceptors (Lipinski definition) is 5. The molecule has 0 bridgehead atoms. The summed E-state index contributed by atoms with van der Waals surface area (Å²) in [5, 5.41) is 0. The van der Waals surface area contributed by atoms with Crippen LogP contribution in [0.4, 0.5) is 0 Å². The second-order valence-electron chi connectivity index (χ2n) is 5.66. The first-order chi connectivity index (χ1) is 13.0. The van der Waals surface area contributed by atoms with E-state index in [0.29, 0.717) is 11.5 Å². The Morgan fingerprint density at radius 3 is 1.85 bits per heavy atom. The van der Waals surface area contributed by atoms with Crippen molar-refractivity contribution in [3.05, 3.63) is 65.7 Å². The molecule has 0 N–H and O–H groups in total. The maximum absolute atomic E-state index is 12.0. The van der Waals surface area contributed by atoms with E-state index in [1.807, 2.05) is 12.1 Å². The van der Waals surface area contributed by atoms with Gasteiger partial charge in [0.05, 0.1) is 27.8 Å². The summed E-state index contributed by atoms with van der Waals surface area (Å²) >= 11 is 0. The summed E-state index contributed by atoms with van der Waals surface area (Å²) in [5.74, 6) is 1.40. The van der Waals surface area contributed by atoms with Crippen LogP contribution in [0.2, 0.25) is 0 Å². The highest BCUT2D eigenvalue weighted by atomic mass is 16.5. The molecule has 5 heteroatoms. The third-order valence-corrected chi connectivity index (χ3v) is 3.80. The minimum atomic E-state index is -0.269. The van der Waals surface area contributed by atoms with Crippen LogP contribution in [-0.2, 0) is 9.59 Å². The lowest BCUT2D eigenvalue weighted by Crippen LogP contribution is -2.01. The molecule has 0 saturated carbocycles. The second-order valence-corrected chi connectivity index (χ2v) is 5.66. The summed E-state index contributed by atoms with van der Waals surface area (Å²) in [4.78, 5) is 23.9. The Morgan fingerprint density at radius 1 is 0.741 bits per heavy atom. The molecule has 5 nitrogen and oxygen atoms in total. The summed E-state index contributed by atoms with van der Waals surface area (Å²) in [6, 6.07) is 12.6. The third-order valence-electron chi connectivity index (χ3n) is 3.80. The number of rotatable bonds is 9. The Morgan fingerprint density at radius 2 is 1.30 bits per heavy atom. The maximum atomic E-state index is 12.0. The fraction of sp³-hybridized carbons (Fsp3) is 0.182. The minimum absolute atomic E-state index is 0.184. The van der Waals surface area contributed by atoms with Crippen molar-refractivity contribution in [3.63, 3.8) is 0 Å². The number of methoxy groups -OCH3 is 3. The van der Waals surface area contributed by atoms with Gasteiger partial charge < -0.3 is 14.2 Å². The van der Waals surface area contributed by atoms with Crippen LogP contribution < -0.4 is 14.2 Å². The second kappa shape index (κ2) is 9.97. The number of allylic oxidation sites excluding steroid dienone is 2. The number of hydrogen-bond donors (Lipinski definition) is 0. The molecule has 0 unspecified atom stereocenters. The van der Waals surface area contributed by atoms with E-state index in [-0.39, 0.29) is 18.0 Å². The average molecular weight is 366 g/mol. The average Bonchev–Trinajstić information content (AvgIpc) is 2.70.